The van der Waals surface area contributed by atoms with E-state index < -0.39 is 0 Å². The lowest BCUT2D eigenvalue weighted by Gasteiger charge is -2.23. The molecule has 0 bridgehead atoms. The molecule has 1 N–H and O–H groups in total. The van der Waals surface area contributed by atoms with Crippen LogP contribution in [0.1, 0.15) is 24.2 Å². The maximum Gasteiger partial charge on any atom is 0.252 e. The van der Waals surface area contributed by atoms with Gasteiger partial charge in [-0.25, -0.2) is 0 Å². The highest BCUT2D eigenvalue weighted by Gasteiger charge is 2.19. The molecule has 0 unspecified atom stereocenters. The Kier molecular flexibility index (Phi) is 4.90. The summed E-state index contributed by atoms with van der Waals surface area (Å²) in [7, 11) is 1.64. The molecule has 0 fully saturated rings. The number of pyridine rings is 1. The summed E-state index contributed by atoms with van der Waals surface area (Å²) in [5.74, 6) is -0.177. The van der Waals surface area contributed by atoms with E-state index in [1.165, 1.54) is 12.4 Å². The molecule has 0 spiro atoms. The molecule has 5 heteroatoms. The Morgan fingerprint density at radius 1 is 1.53 bits per heavy atom. The topological polar surface area (TPSA) is 51.2 Å². The molecule has 1 aromatic rings. The van der Waals surface area contributed by atoms with Crippen LogP contribution < -0.4 is 5.32 Å². The fraction of sp³-hybridized carbons (Fsp3) is 0.500. The summed E-state index contributed by atoms with van der Waals surface area (Å²) in [5, 5.41) is 3.29. The van der Waals surface area contributed by atoms with Gasteiger partial charge in [-0.1, -0.05) is 25.4 Å². The highest BCUT2D eigenvalue weighted by molar-refractivity contribution is 6.30. The Balaban J connectivity index is 2.56. The molecular weight excluding hydrogens is 240 g/mol. The summed E-state index contributed by atoms with van der Waals surface area (Å²) in [6.07, 6.45) is 2.98. The first-order valence-corrected chi connectivity index (χ1v) is 5.70. The molecule has 1 amide bonds. The van der Waals surface area contributed by atoms with Gasteiger partial charge < -0.3 is 10.1 Å². The van der Waals surface area contributed by atoms with Gasteiger partial charge in [0, 0.05) is 31.5 Å². The van der Waals surface area contributed by atoms with Crippen LogP contribution in [0.25, 0.3) is 0 Å². The predicted molar refractivity (Wildman–Crippen MR) is 67.2 cm³/mol. The summed E-state index contributed by atoms with van der Waals surface area (Å²) < 4.78 is 5.08. The molecule has 0 aromatic carbocycles. The van der Waals surface area contributed by atoms with Gasteiger partial charge in [0.25, 0.3) is 5.91 Å². The lowest BCUT2D eigenvalue weighted by atomic mass is 9.95. The average molecular weight is 257 g/mol. The third kappa shape index (κ3) is 4.71. The molecular formula is C12H17ClN2O2. The molecule has 94 valence electrons. The van der Waals surface area contributed by atoms with Crippen molar-refractivity contribution in [2.45, 2.75) is 13.8 Å². The number of carbonyl (C=O) groups excluding carboxylic acids is 1. The number of hydrogen-bond acceptors (Lipinski definition) is 3. The summed E-state index contributed by atoms with van der Waals surface area (Å²) in [6, 6.07) is 1.59. The van der Waals surface area contributed by atoms with Crippen LogP contribution in [0.4, 0.5) is 0 Å². The lowest BCUT2D eigenvalue weighted by molar-refractivity contribution is 0.0846. The Morgan fingerprint density at radius 2 is 2.24 bits per heavy atom. The molecule has 0 aliphatic carbocycles. The molecule has 0 atom stereocenters. The van der Waals surface area contributed by atoms with Gasteiger partial charge >= 0.3 is 0 Å². The average Bonchev–Trinajstić information content (AvgIpc) is 2.26. The number of nitrogens with one attached hydrogen (secondary N) is 1. The van der Waals surface area contributed by atoms with E-state index in [2.05, 4.69) is 10.3 Å². The molecule has 4 nitrogen and oxygen atoms in total. The predicted octanol–water partition coefficient (Wildman–Crippen LogP) is 2.14. The number of ether oxygens (including phenoxy) is 1. The zero-order valence-corrected chi connectivity index (χ0v) is 11.0. The molecule has 0 saturated heterocycles. The molecule has 1 aromatic heterocycles. The smallest absolute Gasteiger partial charge is 0.252 e. The van der Waals surface area contributed by atoms with Crippen LogP contribution in [0.15, 0.2) is 18.5 Å². The van der Waals surface area contributed by atoms with E-state index in [1.54, 1.807) is 13.2 Å². The first-order valence-electron chi connectivity index (χ1n) is 5.32. The highest BCUT2D eigenvalue weighted by Crippen LogP contribution is 2.14. The Labute approximate surface area is 106 Å². The van der Waals surface area contributed by atoms with Crippen molar-refractivity contribution in [2.24, 2.45) is 5.41 Å². The van der Waals surface area contributed by atoms with E-state index in [4.69, 9.17) is 16.3 Å². The second-order valence-corrected chi connectivity index (χ2v) is 5.11. The molecule has 0 aliphatic rings. The maximum atomic E-state index is 11.8. The van der Waals surface area contributed by atoms with Crippen molar-refractivity contribution in [3.8, 4) is 0 Å². The van der Waals surface area contributed by atoms with Crippen molar-refractivity contribution in [3.63, 3.8) is 0 Å². The largest absolute Gasteiger partial charge is 0.384 e. The SMILES string of the molecule is COCC(C)(C)CNC(=O)c1cncc(Cl)c1. The minimum absolute atomic E-state index is 0.101. The van der Waals surface area contributed by atoms with Gasteiger partial charge in [0.05, 0.1) is 17.2 Å². The van der Waals surface area contributed by atoms with Crippen molar-refractivity contribution in [1.82, 2.24) is 10.3 Å². The Hall–Kier alpha value is -1.13. The molecule has 0 saturated carbocycles. The third-order valence-corrected chi connectivity index (χ3v) is 2.44. The molecule has 1 heterocycles. The van der Waals surface area contributed by atoms with Crippen molar-refractivity contribution in [3.05, 3.63) is 29.0 Å². The molecule has 0 radical (unpaired) electrons. The minimum atomic E-state index is -0.177. The maximum absolute atomic E-state index is 11.8. The highest BCUT2D eigenvalue weighted by atomic mass is 35.5. The first-order chi connectivity index (χ1) is 7.94. The number of aromatic nitrogens is 1. The van der Waals surface area contributed by atoms with Crippen molar-refractivity contribution < 1.29 is 9.53 Å². The van der Waals surface area contributed by atoms with Gasteiger partial charge in [-0.05, 0) is 6.07 Å². The fourth-order valence-electron chi connectivity index (χ4n) is 1.40. The standard InChI is InChI=1S/C12H17ClN2O2/c1-12(2,8-17-3)7-15-11(16)9-4-10(13)6-14-5-9/h4-6H,7-8H2,1-3H3,(H,15,16). The van der Waals surface area contributed by atoms with E-state index in [-0.39, 0.29) is 11.3 Å². The lowest BCUT2D eigenvalue weighted by Crippen LogP contribution is -2.36. The van der Waals surface area contributed by atoms with Crippen LogP contribution in [0.5, 0.6) is 0 Å². The third-order valence-electron chi connectivity index (χ3n) is 2.23. The number of carbonyl (C=O) groups is 1. The monoisotopic (exact) mass is 256 g/mol. The van der Waals surface area contributed by atoms with Crippen LogP contribution in [-0.4, -0.2) is 31.2 Å². The van der Waals surface area contributed by atoms with Gasteiger partial charge in [-0.15, -0.1) is 0 Å². The van der Waals surface area contributed by atoms with E-state index in [9.17, 15) is 4.79 Å². The van der Waals surface area contributed by atoms with E-state index in [0.717, 1.165) is 0 Å². The first kappa shape index (κ1) is 13.9. The van der Waals surface area contributed by atoms with Gasteiger partial charge in [0.1, 0.15) is 0 Å². The zero-order valence-electron chi connectivity index (χ0n) is 10.3. The Morgan fingerprint density at radius 3 is 2.82 bits per heavy atom. The van der Waals surface area contributed by atoms with Crippen LogP contribution in [0, 0.1) is 5.41 Å². The van der Waals surface area contributed by atoms with E-state index in [0.29, 0.717) is 23.7 Å². The fourth-order valence-corrected chi connectivity index (χ4v) is 1.57. The van der Waals surface area contributed by atoms with Crippen LogP contribution in [-0.2, 0) is 4.74 Å². The number of halogens is 1. The summed E-state index contributed by atoms with van der Waals surface area (Å²) >= 11 is 5.77. The molecule has 1 rings (SSSR count). The zero-order chi connectivity index (χ0) is 12.9. The summed E-state index contributed by atoms with van der Waals surface area (Å²) in [5.41, 5.74) is 0.363. The van der Waals surface area contributed by atoms with Crippen LogP contribution >= 0.6 is 11.6 Å². The molecule has 17 heavy (non-hydrogen) atoms. The summed E-state index contributed by atoms with van der Waals surface area (Å²) in [4.78, 5) is 15.7. The second kappa shape index (κ2) is 5.98. The number of nitrogens with zero attached hydrogens (tertiary/aromatic N) is 1. The quantitative estimate of drug-likeness (QED) is 0.878. The van der Waals surface area contributed by atoms with Gasteiger partial charge in [0.15, 0.2) is 0 Å². The van der Waals surface area contributed by atoms with Gasteiger partial charge in [0.2, 0.25) is 0 Å². The van der Waals surface area contributed by atoms with Gasteiger partial charge in [-0.3, -0.25) is 9.78 Å². The summed E-state index contributed by atoms with van der Waals surface area (Å²) in [6.45, 7) is 5.16. The van der Waals surface area contributed by atoms with Crippen LogP contribution in [0.2, 0.25) is 5.02 Å². The number of hydrogen-bond donors (Lipinski definition) is 1. The Bertz CT molecular complexity index is 394. The minimum Gasteiger partial charge on any atom is -0.384 e. The number of amides is 1. The van der Waals surface area contributed by atoms with Crippen molar-refractivity contribution in [1.29, 1.82) is 0 Å². The van der Waals surface area contributed by atoms with E-state index >= 15 is 0 Å². The number of rotatable bonds is 5. The van der Waals surface area contributed by atoms with E-state index in [1.807, 2.05) is 13.8 Å². The van der Waals surface area contributed by atoms with Gasteiger partial charge in [-0.2, -0.15) is 0 Å². The van der Waals surface area contributed by atoms with Crippen molar-refractivity contribution >= 4 is 17.5 Å². The van der Waals surface area contributed by atoms with Crippen molar-refractivity contribution in [2.75, 3.05) is 20.3 Å². The normalized spacial score (nSPS) is 11.3. The molecule has 0 aliphatic heterocycles. The van der Waals surface area contributed by atoms with Crippen LogP contribution in [0.3, 0.4) is 0 Å². The number of methoxy groups -OCH3 is 1. The second-order valence-electron chi connectivity index (χ2n) is 4.67.